The molecule has 2 aromatic heterocycles. The van der Waals surface area contributed by atoms with Crippen molar-refractivity contribution in [2.75, 3.05) is 18.5 Å². The van der Waals surface area contributed by atoms with Crippen LogP contribution in [0, 0.1) is 0 Å². The van der Waals surface area contributed by atoms with Gasteiger partial charge in [0, 0.05) is 60.9 Å². The maximum Gasteiger partial charge on any atom is 0.414 e. The van der Waals surface area contributed by atoms with Gasteiger partial charge in [0.2, 0.25) is 5.52 Å². The van der Waals surface area contributed by atoms with Crippen LogP contribution in [-0.2, 0) is 24.9 Å². The van der Waals surface area contributed by atoms with E-state index in [1.54, 1.807) is 4.90 Å². The average molecular weight is 637 g/mol. The molecule has 0 radical (unpaired) electrons. The van der Waals surface area contributed by atoms with Crippen molar-refractivity contribution in [1.29, 1.82) is 0 Å². The highest BCUT2D eigenvalue weighted by molar-refractivity contribution is 5.87. The molecule has 0 saturated carbocycles. The predicted molar refractivity (Wildman–Crippen MR) is 194 cm³/mol. The number of carbonyl (C=O) groups excluding carboxylic acids is 1. The van der Waals surface area contributed by atoms with Gasteiger partial charge in [-0.15, -0.1) is 0 Å². The second kappa shape index (κ2) is 14.9. The van der Waals surface area contributed by atoms with Crippen LogP contribution in [0.25, 0.3) is 22.6 Å². The second-order valence-corrected chi connectivity index (χ2v) is 12.1. The van der Waals surface area contributed by atoms with E-state index in [0.717, 1.165) is 59.5 Å². The number of hydrogen-bond donors (Lipinski definition) is 0. The Morgan fingerprint density at radius 2 is 1.69 bits per heavy atom. The van der Waals surface area contributed by atoms with E-state index < -0.39 is 0 Å². The first-order valence-corrected chi connectivity index (χ1v) is 16.8. The molecule has 2 aromatic carbocycles. The van der Waals surface area contributed by atoms with Crippen molar-refractivity contribution in [1.82, 2.24) is 4.90 Å². The average Bonchev–Trinajstić information content (AvgIpc) is 3.53. The van der Waals surface area contributed by atoms with Crippen LogP contribution in [0.1, 0.15) is 43.4 Å². The summed E-state index contributed by atoms with van der Waals surface area (Å²) in [6.45, 7) is 6.37. The van der Waals surface area contributed by atoms with E-state index in [1.165, 1.54) is 22.2 Å². The van der Waals surface area contributed by atoms with Crippen molar-refractivity contribution in [3.8, 4) is 0 Å². The molecule has 48 heavy (non-hydrogen) atoms. The molecule has 0 N–H and O–H groups in total. The number of nitrogens with zero attached hydrogens (tertiary/aromatic N) is 4. The Bertz CT molecular complexity index is 2000. The van der Waals surface area contributed by atoms with E-state index in [-0.39, 0.29) is 12.7 Å². The number of allylic oxidation sites excluding steroid dienone is 9. The number of hydrogen-bond acceptors (Lipinski definition) is 3. The molecule has 0 atom stereocenters. The van der Waals surface area contributed by atoms with Gasteiger partial charge in [0.15, 0.2) is 18.6 Å². The Morgan fingerprint density at radius 3 is 2.50 bits per heavy atom. The number of likely N-dealkylation sites (N-methyl/N-ethyl adjacent to an activating group) is 1. The van der Waals surface area contributed by atoms with Gasteiger partial charge in [-0.2, -0.15) is 4.57 Å². The monoisotopic (exact) mass is 636 g/mol. The van der Waals surface area contributed by atoms with Crippen molar-refractivity contribution in [3.05, 3.63) is 162 Å². The fourth-order valence-electron chi connectivity index (χ4n) is 6.42. The number of aromatic nitrogens is 2. The number of benzene rings is 2. The summed E-state index contributed by atoms with van der Waals surface area (Å²) in [7, 11) is 3.78. The van der Waals surface area contributed by atoms with Crippen LogP contribution < -0.4 is 14.0 Å². The lowest BCUT2D eigenvalue weighted by atomic mass is 9.99. The molecule has 2 aliphatic rings. The lowest BCUT2D eigenvalue weighted by molar-refractivity contribution is -0.671. The quantitative estimate of drug-likeness (QED) is 0.174. The Labute approximate surface area is 284 Å². The number of pyridine rings is 2. The number of fused-ring (bicyclic) bond motifs is 2. The van der Waals surface area contributed by atoms with Crippen LogP contribution in [0.5, 0.6) is 0 Å². The molecule has 0 saturated heterocycles. The van der Waals surface area contributed by atoms with Gasteiger partial charge in [-0.05, 0) is 67.2 Å². The van der Waals surface area contributed by atoms with E-state index in [9.17, 15) is 4.79 Å². The van der Waals surface area contributed by atoms with E-state index in [1.807, 2.05) is 43.2 Å². The van der Waals surface area contributed by atoms with E-state index in [4.69, 9.17) is 4.74 Å². The Hall–Kier alpha value is -5.49. The molecular formula is C42H44N4O2+2. The highest BCUT2D eigenvalue weighted by atomic mass is 16.6. The minimum atomic E-state index is -0.374. The predicted octanol–water partition coefficient (Wildman–Crippen LogP) is 8.22. The molecule has 0 fully saturated rings. The minimum Gasteiger partial charge on any atom is -0.444 e. The molecule has 0 bridgehead atoms. The normalized spacial score (nSPS) is 16.2. The molecule has 1 aliphatic carbocycles. The molecule has 4 aromatic rings. The molecule has 1 amide bonds. The van der Waals surface area contributed by atoms with Crippen LogP contribution in [0.4, 0.5) is 10.5 Å². The lowest BCUT2D eigenvalue weighted by Gasteiger charge is -2.26. The third kappa shape index (κ3) is 7.08. The summed E-state index contributed by atoms with van der Waals surface area (Å²) in [5, 5.41) is 1.21. The van der Waals surface area contributed by atoms with Gasteiger partial charge in [0.1, 0.15) is 20.2 Å². The van der Waals surface area contributed by atoms with Crippen LogP contribution in [0.15, 0.2) is 145 Å². The molecular weight excluding hydrogens is 592 g/mol. The van der Waals surface area contributed by atoms with Gasteiger partial charge in [0.05, 0.1) is 11.1 Å². The Balaban J connectivity index is 1.30. The van der Waals surface area contributed by atoms with Crippen molar-refractivity contribution in [2.45, 2.75) is 39.8 Å². The van der Waals surface area contributed by atoms with Gasteiger partial charge in [-0.3, -0.25) is 4.90 Å². The third-order valence-corrected chi connectivity index (χ3v) is 9.04. The molecule has 1 aliphatic heterocycles. The fourth-order valence-corrected chi connectivity index (χ4v) is 6.42. The Kier molecular flexibility index (Phi) is 10.1. The van der Waals surface area contributed by atoms with Crippen LogP contribution in [0.3, 0.4) is 0 Å². The van der Waals surface area contributed by atoms with Crippen LogP contribution >= 0.6 is 0 Å². The number of aryl methyl sites for hydroxylation is 2. The van der Waals surface area contributed by atoms with Gasteiger partial charge in [-0.25, -0.2) is 9.36 Å². The summed E-state index contributed by atoms with van der Waals surface area (Å²) >= 11 is 0. The summed E-state index contributed by atoms with van der Waals surface area (Å²) in [4.78, 5) is 17.4. The SMILES string of the molecule is CCN1C=C/C(=C/C=C/C2=C(N(C)C(=O)OCc3cc[n+](C)cc3)C(=C/C=C/c3cc[n+](CC)c4ccccc34)/CC2)c2ccccc21. The van der Waals surface area contributed by atoms with Gasteiger partial charge in [0.25, 0.3) is 0 Å². The van der Waals surface area contributed by atoms with Crippen LogP contribution in [0.2, 0.25) is 0 Å². The van der Waals surface area contributed by atoms with Crippen molar-refractivity contribution >= 4 is 34.3 Å². The highest BCUT2D eigenvalue weighted by Crippen LogP contribution is 2.36. The lowest BCUT2D eigenvalue weighted by Crippen LogP contribution is -2.32. The van der Waals surface area contributed by atoms with E-state index >= 15 is 0 Å². The van der Waals surface area contributed by atoms with Gasteiger partial charge < -0.3 is 9.64 Å². The topological polar surface area (TPSA) is 40.5 Å². The summed E-state index contributed by atoms with van der Waals surface area (Å²) in [5.41, 5.74) is 10.0. The molecule has 3 heterocycles. The van der Waals surface area contributed by atoms with Crippen LogP contribution in [-0.4, -0.2) is 24.6 Å². The van der Waals surface area contributed by atoms with Crippen molar-refractivity contribution < 1.29 is 18.7 Å². The molecule has 242 valence electrons. The summed E-state index contributed by atoms with van der Waals surface area (Å²) in [5.74, 6) is 0. The molecule has 0 unspecified atom stereocenters. The smallest absolute Gasteiger partial charge is 0.414 e. The molecule has 6 heteroatoms. The number of para-hydroxylation sites is 2. The van der Waals surface area contributed by atoms with Gasteiger partial charge >= 0.3 is 6.09 Å². The number of amides is 1. The van der Waals surface area contributed by atoms with Gasteiger partial charge in [-0.1, -0.05) is 66.8 Å². The van der Waals surface area contributed by atoms with E-state index in [2.05, 4.69) is 133 Å². The van der Waals surface area contributed by atoms with Crippen molar-refractivity contribution in [2.24, 2.45) is 7.05 Å². The maximum atomic E-state index is 13.4. The maximum absolute atomic E-state index is 13.4. The summed E-state index contributed by atoms with van der Waals surface area (Å²) < 4.78 is 10.0. The highest BCUT2D eigenvalue weighted by Gasteiger charge is 2.26. The summed E-state index contributed by atoms with van der Waals surface area (Å²) in [6, 6.07) is 23.1. The number of carbonyl (C=O) groups is 1. The molecule has 6 rings (SSSR count). The van der Waals surface area contributed by atoms with E-state index in [0.29, 0.717) is 0 Å². The first-order chi connectivity index (χ1) is 23.5. The first-order valence-electron chi connectivity index (χ1n) is 16.8. The second-order valence-electron chi connectivity index (χ2n) is 12.1. The standard InChI is InChI=1S/C42H44N4O2/c1-5-45-29-25-33(37-17-7-9-19-39(37)45)13-11-15-35-21-22-36(41(35)44(4)42(47)48-31-32-23-27-43(3)28-24-32)16-12-14-34-26-30-46(6-2)40-20-10-8-18-38(34)40/h7-20,23-30H,5-6,21-22,31H2,1-4H3/q+2. The largest absolute Gasteiger partial charge is 0.444 e. The zero-order chi connectivity index (χ0) is 33.5. The first kappa shape index (κ1) is 32.5. The summed E-state index contributed by atoms with van der Waals surface area (Å²) in [6.07, 6.45) is 24.5. The third-order valence-electron chi connectivity index (χ3n) is 9.04. The zero-order valence-corrected chi connectivity index (χ0v) is 28.3. The fraction of sp³-hybridized carbons (Fsp3) is 0.214. The minimum absolute atomic E-state index is 0.215. The van der Waals surface area contributed by atoms with Crippen molar-refractivity contribution in [3.63, 3.8) is 0 Å². The molecule has 0 spiro atoms. The Morgan fingerprint density at radius 1 is 0.917 bits per heavy atom. The zero-order valence-electron chi connectivity index (χ0n) is 28.3. The number of rotatable bonds is 9. The molecule has 6 nitrogen and oxygen atoms in total. The number of ether oxygens (including phenoxy) is 1. The number of anilines is 1.